The topological polar surface area (TPSA) is 100 Å². The Morgan fingerprint density at radius 3 is 2.58 bits per heavy atom. The smallest absolute Gasteiger partial charge is 0.322 e. The highest BCUT2D eigenvalue weighted by Crippen LogP contribution is 2.23. The lowest BCUT2D eigenvalue weighted by molar-refractivity contribution is -0.138. The molecule has 0 radical (unpaired) electrons. The van der Waals surface area contributed by atoms with Gasteiger partial charge in [0.05, 0.1) is 0 Å². The van der Waals surface area contributed by atoms with Crippen molar-refractivity contribution in [3.63, 3.8) is 0 Å². The van der Waals surface area contributed by atoms with E-state index in [2.05, 4.69) is 10.6 Å². The lowest BCUT2D eigenvalue weighted by Crippen LogP contribution is -2.51. The molecule has 0 fully saturated rings. The third kappa shape index (κ3) is 4.35. The van der Waals surface area contributed by atoms with Gasteiger partial charge in [-0.1, -0.05) is 31.9 Å². The standard InChI is InChI=1S/C18H22ClN3O4/c1-4-10(2)16(18(26)20-9-15(23)24)21-17(25)14-8-11-7-12(19)5-6-13(11)22(14)3/h5-8,10,16H,4,9H2,1-3H3,(H,20,26)(H,21,25)(H,23,24). The van der Waals surface area contributed by atoms with E-state index in [1.807, 2.05) is 19.9 Å². The Hall–Kier alpha value is -2.54. The lowest BCUT2D eigenvalue weighted by Gasteiger charge is -2.23. The number of carboxylic acids is 1. The number of rotatable bonds is 7. The molecule has 2 amide bonds. The molecule has 0 saturated carbocycles. The molecule has 1 heterocycles. The first-order chi connectivity index (χ1) is 12.2. The summed E-state index contributed by atoms with van der Waals surface area (Å²) < 4.78 is 1.73. The Balaban J connectivity index is 2.25. The zero-order chi connectivity index (χ0) is 19.4. The number of carbonyl (C=O) groups is 3. The van der Waals surface area contributed by atoms with Gasteiger partial charge in [0.15, 0.2) is 0 Å². The van der Waals surface area contributed by atoms with Crippen molar-refractivity contribution in [1.29, 1.82) is 0 Å². The highest BCUT2D eigenvalue weighted by atomic mass is 35.5. The maximum atomic E-state index is 12.7. The Morgan fingerprint density at radius 1 is 1.27 bits per heavy atom. The number of benzene rings is 1. The highest BCUT2D eigenvalue weighted by molar-refractivity contribution is 6.31. The summed E-state index contributed by atoms with van der Waals surface area (Å²) in [6.07, 6.45) is 0.649. The van der Waals surface area contributed by atoms with E-state index in [0.717, 1.165) is 10.9 Å². The molecule has 2 unspecified atom stereocenters. The minimum Gasteiger partial charge on any atom is -0.480 e. The van der Waals surface area contributed by atoms with Crippen LogP contribution in [0.1, 0.15) is 30.8 Å². The summed E-state index contributed by atoms with van der Waals surface area (Å²) in [6.45, 7) is 3.23. The van der Waals surface area contributed by atoms with E-state index in [1.54, 1.807) is 29.8 Å². The van der Waals surface area contributed by atoms with Crippen molar-refractivity contribution in [2.45, 2.75) is 26.3 Å². The van der Waals surface area contributed by atoms with Crippen molar-refractivity contribution in [3.8, 4) is 0 Å². The van der Waals surface area contributed by atoms with Crippen LogP contribution >= 0.6 is 11.6 Å². The predicted molar refractivity (Wildman–Crippen MR) is 99.3 cm³/mol. The highest BCUT2D eigenvalue weighted by Gasteiger charge is 2.27. The quantitative estimate of drug-likeness (QED) is 0.686. The number of amides is 2. The summed E-state index contributed by atoms with van der Waals surface area (Å²) in [5, 5.41) is 15.2. The SMILES string of the molecule is CCC(C)C(NC(=O)c1cc2cc(Cl)ccc2n1C)C(=O)NCC(=O)O. The zero-order valence-corrected chi connectivity index (χ0v) is 15.6. The van der Waals surface area contributed by atoms with Crippen LogP contribution in [0.2, 0.25) is 5.02 Å². The minimum atomic E-state index is -1.14. The summed E-state index contributed by atoms with van der Waals surface area (Å²) in [4.78, 5) is 35.7. The Kier molecular flexibility index (Phi) is 6.26. The number of hydrogen-bond acceptors (Lipinski definition) is 3. The number of nitrogens with one attached hydrogen (secondary N) is 2. The van der Waals surface area contributed by atoms with E-state index in [4.69, 9.17) is 16.7 Å². The molecule has 8 heteroatoms. The third-order valence-electron chi connectivity index (χ3n) is 4.43. The average molecular weight is 380 g/mol. The lowest BCUT2D eigenvalue weighted by atomic mass is 9.98. The fraction of sp³-hybridized carbons (Fsp3) is 0.389. The maximum Gasteiger partial charge on any atom is 0.322 e. The molecule has 140 valence electrons. The summed E-state index contributed by atoms with van der Waals surface area (Å²) in [6, 6.07) is 6.21. The molecule has 0 aliphatic rings. The monoisotopic (exact) mass is 379 g/mol. The van der Waals surface area contributed by atoms with E-state index >= 15 is 0 Å². The number of aryl methyl sites for hydroxylation is 1. The number of fused-ring (bicyclic) bond motifs is 1. The van der Waals surface area contributed by atoms with Gasteiger partial charge in [0.1, 0.15) is 18.3 Å². The first kappa shape index (κ1) is 19.8. The van der Waals surface area contributed by atoms with Gasteiger partial charge in [-0.05, 0) is 30.2 Å². The van der Waals surface area contributed by atoms with Gasteiger partial charge < -0.3 is 20.3 Å². The molecule has 1 aromatic heterocycles. The normalized spacial score (nSPS) is 13.2. The van der Waals surface area contributed by atoms with E-state index in [9.17, 15) is 14.4 Å². The molecule has 1 aromatic carbocycles. The molecule has 0 spiro atoms. The van der Waals surface area contributed by atoms with Crippen molar-refractivity contribution in [3.05, 3.63) is 35.0 Å². The number of aliphatic carboxylic acids is 1. The summed E-state index contributed by atoms with van der Waals surface area (Å²) in [7, 11) is 1.76. The van der Waals surface area contributed by atoms with Gasteiger partial charge in [0.2, 0.25) is 5.91 Å². The predicted octanol–water partition coefficient (Wildman–Crippen LogP) is 2.18. The van der Waals surface area contributed by atoms with Crippen molar-refractivity contribution < 1.29 is 19.5 Å². The molecule has 3 N–H and O–H groups in total. The van der Waals surface area contributed by atoms with Gasteiger partial charge in [0, 0.05) is 23.0 Å². The second-order valence-corrected chi connectivity index (χ2v) is 6.68. The number of hydrogen-bond donors (Lipinski definition) is 3. The van der Waals surface area contributed by atoms with Crippen LogP contribution in [0, 0.1) is 5.92 Å². The van der Waals surface area contributed by atoms with Gasteiger partial charge in [-0.15, -0.1) is 0 Å². The number of halogens is 1. The number of nitrogens with zero attached hydrogens (tertiary/aromatic N) is 1. The third-order valence-corrected chi connectivity index (χ3v) is 4.67. The van der Waals surface area contributed by atoms with E-state index in [0.29, 0.717) is 17.1 Å². The average Bonchev–Trinajstić information content (AvgIpc) is 2.92. The van der Waals surface area contributed by atoms with Crippen LogP contribution < -0.4 is 10.6 Å². The molecule has 0 saturated heterocycles. The van der Waals surface area contributed by atoms with Crippen LogP contribution in [-0.4, -0.2) is 40.0 Å². The number of aromatic nitrogens is 1. The molecule has 0 aliphatic carbocycles. The van der Waals surface area contributed by atoms with Crippen LogP contribution in [-0.2, 0) is 16.6 Å². The summed E-state index contributed by atoms with van der Waals surface area (Å²) >= 11 is 6.00. The largest absolute Gasteiger partial charge is 0.480 e. The number of carbonyl (C=O) groups excluding carboxylic acids is 2. The fourth-order valence-corrected chi connectivity index (χ4v) is 2.91. The molecule has 0 bridgehead atoms. The van der Waals surface area contributed by atoms with Gasteiger partial charge in [-0.2, -0.15) is 0 Å². The van der Waals surface area contributed by atoms with Crippen LogP contribution in [0.15, 0.2) is 24.3 Å². The summed E-state index contributed by atoms with van der Waals surface area (Å²) in [5.41, 5.74) is 1.23. The van der Waals surface area contributed by atoms with E-state index < -0.39 is 30.4 Å². The maximum absolute atomic E-state index is 12.7. The molecular weight excluding hydrogens is 358 g/mol. The van der Waals surface area contributed by atoms with E-state index in [1.165, 1.54) is 0 Å². The molecular formula is C18H22ClN3O4. The second-order valence-electron chi connectivity index (χ2n) is 6.24. The van der Waals surface area contributed by atoms with Crippen molar-refractivity contribution in [2.75, 3.05) is 6.54 Å². The van der Waals surface area contributed by atoms with Gasteiger partial charge in [-0.3, -0.25) is 14.4 Å². The van der Waals surface area contributed by atoms with Crippen LogP contribution in [0.25, 0.3) is 10.9 Å². The summed E-state index contributed by atoms with van der Waals surface area (Å²) in [5.74, 6) is -2.22. The van der Waals surface area contributed by atoms with Crippen molar-refractivity contribution >= 4 is 40.3 Å². The van der Waals surface area contributed by atoms with E-state index in [-0.39, 0.29) is 5.92 Å². The van der Waals surface area contributed by atoms with Gasteiger partial charge >= 0.3 is 5.97 Å². The van der Waals surface area contributed by atoms with Crippen LogP contribution in [0.5, 0.6) is 0 Å². The Labute approximate surface area is 156 Å². The second kappa shape index (κ2) is 8.23. The fourth-order valence-electron chi connectivity index (χ4n) is 2.73. The Bertz CT molecular complexity index is 846. The first-order valence-corrected chi connectivity index (χ1v) is 8.67. The van der Waals surface area contributed by atoms with Crippen molar-refractivity contribution in [2.24, 2.45) is 13.0 Å². The molecule has 26 heavy (non-hydrogen) atoms. The van der Waals surface area contributed by atoms with Gasteiger partial charge in [-0.25, -0.2) is 0 Å². The van der Waals surface area contributed by atoms with Crippen molar-refractivity contribution in [1.82, 2.24) is 15.2 Å². The molecule has 2 rings (SSSR count). The molecule has 0 aliphatic heterocycles. The van der Waals surface area contributed by atoms with Crippen LogP contribution in [0.3, 0.4) is 0 Å². The zero-order valence-electron chi connectivity index (χ0n) is 14.9. The van der Waals surface area contributed by atoms with Crippen LogP contribution in [0.4, 0.5) is 0 Å². The molecule has 7 nitrogen and oxygen atoms in total. The minimum absolute atomic E-state index is 0.156. The first-order valence-electron chi connectivity index (χ1n) is 8.30. The number of carboxylic acid groups (broad SMARTS) is 1. The Morgan fingerprint density at radius 2 is 1.96 bits per heavy atom. The molecule has 2 aromatic rings. The molecule has 2 atom stereocenters. The van der Waals surface area contributed by atoms with Gasteiger partial charge in [0.25, 0.3) is 5.91 Å².